The van der Waals surface area contributed by atoms with E-state index in [1.807, 2.05) is 0 Å². The first kappa shape index (κ1) is 16.2. The van der Waals surface area contributed by atoms with Gasteiger partial charge in [0.25, 0.3) is 10.2 Å². The molecule has 0 aromatic heterocycles. The SMILES string of the molecule is CSCCCCNS(=O)(=O)N1CCCCC1CN. The summed E-state index contributed by atoms with van der Waals surface area (Å²) in [6.45, 7) is 1.53. The summed E-state index contributed by atoms with van der Waals surface area (Å²) >= 11 is 1.79. The molecule has 0 bridgehead atoms. The fraction of sp³-hybridized carbons (Fsp3) is 1.00. The molecule has 1 rings (SSSR count). The second-order valence-electron chi connectivity index (χ2n) is 4.60. The number of nitrogens with one attached hydrogen (secondary N) is 1. The summed E-state index contributed by atoms with van der Waals surface area (Å²) in [5.41, 5.74) is 5.65. The van der Waals surface area contributed by atoms with Gasteiger partial charge in [-0.2, -0.15) is 24.5 Å². The minimum atomic E-state index is -3.34. The molecule has 0 aromatic rings. The highest BCUT2D eigenvalue weighted by atomic mass is 32.2. The Morgan fingerprint density at radius 1 is 1.39 bits per heavy atom. The second kappa shape index (κ2) is 8.37. The summed E-state index contributed by atoms with van der Waals surface area (Å²) in [5.74, 6) is 1.08. The van der Waals surface area contributed by atoms with Gasteiger partial charge in [0.15, 0.2) is 0 Å². The minimum Gasteiger partial charge on any atom is -0.329 e. The maximum absolute atomic E-state index is 12.1. The second-order valence-corrected chi connectivity index (χ2v) is 7.29. The van der Waals surface area contributed by atoms with Gasteiger partial charge in [0.05, 0.1) is 0 Å². The van der Waals surface area contributed by atoms with Gasteiger partial charge in [-0.3, -0.25) is 0 Å². The third kappa shape index (κ3) is 5.05. The van der Waals surface area contributed by atoms with Crippen molar-refractivity contribution in [3.05, 3.63) is 0 Å². The molecule has 0 aromatic carbocycles. The van der Waals surface area contributed by atoms with Crippen molar-refractivity contribution in [3.63, 3.8) is 0 Å². The lowest BCUT2D eigenvalue weighted by Gasteiger charge is -2.33. The van der Waals surface area contributed by atoms with Crippen LogP contribution in [0.25, 0.3) is 0 Å². The Morgan fingerprint density at radius 2 is 2.17 bits per heavy atom. The number of piperidine rings is 1. The monoisotopic (exact) mass is 295 g/mol. The lowest BCUT2D eigenvalue weighted by Crippen LogP contribution is -2.51. The van der Waals surface area contributed by atoms with Crippen LogP contribution >= 0.6 is 11.8 Å². The van der Waals surface area contributed by atoms with Crippen molar-refractivity contribution >= 4 is 22.0 Å². The normalized spacial score (nSPS) is 22.2. The van der Waals surface area contributed by atoms with Gasteiger partial charge in [-0.15, -0.1) is 0 Å². The van der Waals surface area contributed by atoms with Crippen molar-refractivity contribution in [2.75, 3.05) is 31.6 Å². The summed E-state index contributed by atoms with van der Waals surface area (Å²) in [5, 5.41) is 0. The van der Waals surface area contributed by atoms with Gasteiger partial charge in [0.2, 0.25) is 0 Å². The minimum absolute atomic E-state index is 0.0255. The van der Waals surface area contributed by atoms with E-state index < -0.39 is 10.2 Å². The van der Waals surface area contributed by atoms with Crippen LogP contribution in [-0.4, -0.2) is 50.4 Å². The Hall–Kier alpha value is 0.180. The van der Waals surface area contributed by atoms with Crippen LogP contribution in [0.4, 0.5) is 0 Å². The molecule has 1 heterocycles. The van der Waals surface area contributed by atoms with Crippen molar-refractivity contribution in [1.29, 1.82) is 0 Å². The van der Waals surface area contributed by atoms with Crippen LogP contribution in [-0.2, 0) is 10.2 Å². The van der Waals surface area contributed by atoms with E-state index >= 15 is 0 Å². The van der Waals surface area contributed by atoms with Crippen LogP contribution < -0.4 is 10.5 Å². The van der Waals surface area contributed by atoms with Crippen molar-refractivity contribution in [2.24, 2.45) is 5.73 Å². The molecule has 0 spiro atoms. The molecule has 18 heavy (non-hydrogen) atoms. The average molecular weight is 295 g/mol. The van der Waals surface area contributed by atoms with E-state index in [-0.39, 0.29) is 6.04 Å². The molecule has 0 saturated carbocycles. The Balaban J connectivity index is 2.41. The first-order valence-corrected chi connectivity index (χ1v) is 9.40. The molecule has 1 aliphatic heterocycles. The third-order valence-corrected chi connectivity index (χ3v) is 5.58. The predicted octanol–water partition coefficient (Wildman–Crippen LogP) is 0.777. The summed E-state index contributed by atoms with van der Waals surface area (Å²) in [6.07, 6.45) is 6.88. The predicted molar refractivity (Wildman–Crippen MR) is 77.9 cm³/mol. The van der Waals surface area contributed by atoms with E-state index in [1.54, 1.807) is 16.1 Å². The molecule has 1 unspecified atom stereocenters. The Morgan fingerprint density at radius 3 is 2.83 bits per heavy atom. The van der Waals surface area contributed by atoms with E-state index in [4.69, 9.17) is 5.73 Å². The molecule has 0 radical (unpaired) electrons. The summed E-state index contributed by atoms with van der Waals surface area (Å²) in [4.78, 5) is 0. The molecule has 1 saturated heterocycles. The van der Waals surface area contributed by atoms with Crippen molar-refractivity contribution < 1.29 is 8.42 Å². The highest BCUT2D eigenvalue weighted by Crippen LogP contribution is 2.18. The smallest absolute Gasteiger partial charge is 0.279 e. The van der Waals surface area contributed by atoms with Crippen LogP contribution in [0.1, 0.15) is 32.1 Å². The third-order valence-electron chi connectivity index (χ3n) is 3.21. The zero-order chi connectivity index (χ0) is 13.4. The van der Waals surface area contributed by atoms with Crippen LogP contribution in [0.5, 0.6) is 0 Å². The highest BCUT2D eigenvalue weighted by Gasteiger charge is 2.30. The molecular formula is C11H25N3O2S2. The van der Waals surface area contributed by atoms with Gasteiger partial charge < -0.3 is 5.73 Å². The van der Waals surface area contributed by atoms with E-state index in [1.165, 1.54) is 0 Å². The number of nitrogens with zero attached hydrogens (tertiary/aromatic N) is 1. The first-order valence-electron chi connectivity index (χ1n) is 6.57. The zero-order valence-corrected chi connectivity index (χ0v) is 12.7. The van der Waals surface area contributed by atoms with E-state index in [2.05, 4.69) is 11.0 Å². The number of thioether (sulfide) groups is 1. The number of nitrogens with two attached hydrogens (primary N) is 1. The molecule has 1 fully saturated rings. The first-order chi connectivity index (χ1) is 8.61. The molecule has 0 amide bonds. The van der Waals surface area contributed by atoms with Crippen LogP contribution in [0, 0.1) is 0 Å². The largest absolute Gasteiger partial charge is 0.329 e. The summed E-state index contributed by atoms with van der Waals surface area (Å²) < 4.78 is 28.5. The summed E-state index contributed by atoms with van der Waals surface area (Å²) in [7, 11) is -3.34. The van der Waals surface area contributed by atoms with Crippen molar-refractivity contribution in [2.45, 2.75) is 38.1 Å². The number of rotatable bonds is 8. The zero-order valence-electron chi connectivity index (χ0n) is 11.1. The van der Waals surface area contributed by atoms with Crippen LogP contribution in [0.15, 0.2) is 0 Å². The summed E-state index contributed by atoms with van der Waals surface area (Å²) in [6, 6.07) is -0.0255. The Labute approximate surface area is 115 Å². The van der Waals surface area contributed by atoms with E-state index in [0.29, 0.717) is 19.6 Å². The van der Waals surface area contributed by atoms with Gasteiger partial charge >= 0.3 is 0 Å². The number of hydrogen-bond acceptors (Lipinski definition) is 4. The fourth-order valence-electron chi connectivity index (χ4n) is 2.18. The quantitative estimate of drug-likeness (QED) is 0.649. The Bertz CT molecular complexity index is 322. The molecular weight excluding hydrogens is 270 g/mol. The molecule has 1 aliphatic rings. The standard InChI is InChI=1S/C11H25N3O2S2/c1-17-9-5-3-7-13-18(15,16)14-8-4-2-6-11(14)10-12/h11,13H,2-10,12H2,1H3. The molecule has 3 N–H and O–H groups in total. The van der Waals surface area contributed by atoms with Gasteiger partial charge in [-0.05, 0) is 37.7 Å². The maximum atomic E-state index is 12.1. The average Bonchev–Trinajstić information content (AvgIpc) is 2.38. The number of hydrogen-bond donors (Lipinski definition) is 2. The topological polar surface area (TPSA) is 75.4 Å². The molecule has 1 atom stereocenters. The van der Waals surface area contributed by atoms with E-state index in [9.17, 15) is 8.42 Å². The van der Waals surface area contributed by atoms with Crippen LogP contribution in [0.2, 0.25) is 0 Å². The highest BCUT2D eigenvalue weighted by molar-refractivity contribution is 7.98. The molecule has 7 heteroatoms. The molecule has 108 valence electrons. The van der Waals surface area contributed by atoms with Crippen molar-refractivity contribution in [1.82, 2.24) is 9.03 Å². The lowest BCUT2D eigenvalue weighted by molar-refractivity contribution is 0.254. The van der Waals surface area contributed by atoms with Gasteiger partial charge in [0, 0.05) is 25.7 Å². The van der Waals surface area contributed by atoms with Gasteiger partial charge in [0.1, 0.15) is 0 Å². The van der Waals surface area contributed by atoms with Crippen LogP contribution in [0.3, 0.4) is 0 Å². The molecule has 0 aliphatic carbocycles. The van der Waals surface area contributed by atoms with E-state index in [0.717, 1.165) is 37.9 Å². The number of unbranched alkanes of at least 4 members (excludes halogenated alkanes) is 1. The molecule has 5 nitrogen and oxygen atoms in total. The Kier molecular flexibility index (Phi) is 7.55. The van der Waals surface area contributed by atoms with Gasteiger partial charge in [-0.25, -0.2) is 4.72 Å². The van der Waals surface area contributed by atoms with Gasteiger partial charge in [-0.1, -0.05) is 6.42 Å². The maximum Gasteiger partial charge on any atom is 0.279 e. The fourth-order valence-corrected chi connectivity index (χ4v) is 4.20. The lowest BCUT2D eigenvalue weighted by atomic mass is 10.1. The van der Waals surface area contributed by atoms with Crippen molar-refractivity contribution in [3.8, 4) is 0 Å².